The van der Waals surface area contributed by atoms with Gasteiger partial charge in [-0.05, 0) is 24.6 Å². The Kier molecular flexibility index (Phi) is 7.89. The number of hydrogen-bond donors (Lipinski definition) is 2. The number of aliphatic imine (C=N–C) groups is 1. The highest BCUT2D eigenvalue weighted by molar-refractivity contribution is 14.0. The second-order valence-electron chi connectivity index (χ2n) is 4.61. The number of furan rings is 1. The van der Waals surface area contributed by atoms with Crippen molar-refractivity contribution < 1.29 is 4.42 Å². The monoisotopic (exact) mass is 399 g/mol. The van der Waals surface area contributed by atoms with E-state index in [1.54, 1.807) is 13.3 Å². The molecule has 5 heteroatoms. The van der Waals surface area contributed by atoms with Crippen molar-refractivity contribution in [3.05, 3.63) is 60.1 Å². The molecule has 0 saturated heterocycles. The van der Waals surface area contributed by atoms with Gasteiger partial charge in [0.15, 0.2) is 5.96 Å². The van der Waals surface area contributed by atoms with Gasteiger partial charge in [-0.15, -0.1) is 24.0 Å². The molecule has 2 rings (SSSR count). The van der Waals surface area contributed by atoms with Crippen LogP contribution < -0.4 is 10.6 Å². The number of halogens is 1. The molecule has 0 amide bonds. The molecule has 0 fully saturated rings. The van der Waals surface area contributed by atoms with Crippen molar-refractivity contribution >= 4 is 29.9 Å². The first-order chi connectivity index (χ1) is 9.79. The van der Waals surface area contributed by atoms with Crippen LogP contribution in [-0.2, 0) is 6.42 Å². The largest absolute Gasteiger partial charge is 0.469 e. The molecule has 21 heavy (non-hydrogen) atoms. The summed E-state index contributed by atoms with van der Waals surface area (Å²) in [4.78, 5) is 4.24. The number of benzene rings is 1. The Bertz CT molecular complexity index is 526. The average Bonchev–Trinajstić information content (AvgIpc) is 3.00. The van der Waals surface area contributed by atoms with Crippen molar-refractivity contribution in [3.8, 4) is 0 Å². The van der Waals surface area contributed by atoms with Crippen molar-refractivity contribution in [3.63, 3.8) is 0 Å². The second kappa shape index (κ2) is 9.44. The summed E-state index contributed by atoms with van der Waals surface area (Å²) in [5.41, 5.74) is 1.24. The molecule has 0 aliphatic heterocycles. The van der Waals surface area contributed by atoms with Crippen molar-refractivity contribution in [1.82, 2.24) is 10.6 Å². The van der Waals surface area contributed by atoms with E-state index in [9.17, 15) is 0 Å². The molecule has 0 saturated carbocycles. The summed E-state index contributed by atoms with van der Waals surface area (Å²) in [5.74, 6) is 1.77. The van der Waals surface area contributed by atoms with Gasteiger partial charge in [0.2, 0.25) is 0 Å². The molecular weight excluding hydrogens is 377 g/mol. The molecular formula is C16H22IN3O. The van der Waals surface area contributed by atoms with Crippen molar-refractivity contribution in [2.45, 2.75) is 19.4 Å². The average molecular weight is 399 g/mol. The van der Waals surface area contributed by atoms with E-state index in [0.717, 1.165) is 24.7 Å². The Morgan fingerprint density at radius 2 is 1.95 bits per heavy atom. The minimum atomic E-state index is 0. The fourth-order valence-corrected chi connectivity index (χ4v) is 1.98. The minimum absolute atomic E-state index is 0. The van der Waals surface area contributed by atoms with Crippen LogP contribution in [0.25, 0.3) is 0 Å². The highest BCUT2D eigenvalue weighted by Gasteiger charge is 2.06. The van der Waals surface area contributed by atoms with Crippen LogP contribution in [0.1, 0.15) is 24.3 Å². The fourth-order valence-electron chi connectivity index (χ4n) is 1.98. The molecule has 0 bridgehead atoms. The normalized spacial score (nSPS) is 12.4. The smallest absolute Gasteiger partial charge is 0.191 e. The fraction of sp³-hybridized carbons (Fsp3) is 0.312. The van der Waals surface area contributed by atoms with Gasteiger partial charge in [-0.1, -0.05) is 30.3 Å². The first-order valence-electron chi connectivity index (χ1n) is 6.84. The predicted octanol–water partition coefficient (Wildman–Crippen LogP) is 3.37. The molecule has 1 unspecified atom stereocenters. The van der Waals surface area contributed by atoms with Gasteiger partial charge in [-0.2, -0.15) is 0 Å². The Morgan fingerprint density at radius 1 is 1.19 bits per heavy atom. The Hall–Kier alpha value is -1.50. The molecule has 1 atom stereocenters. The molecule has 0 radical (unpaired) electrons. The van der Waals surface area contributed by atoms with Gasteiger partial charge in [0, 0.05) is 20.0 Å². The van der Waals surface area contributed by atoms with Gasteiger partial charge >= 0.3 is 0 Å². The van der Waals surface area contributed by atoms with E-state index < -0.39 is 0 Å². The van der Waals surface area contributed by atoms with E-state index in [4.69, 9.17) is 4.42 Å². The SMILES string of the molecule is CN=C(NCCc1ccco1)NC(C)c1ccccc1.I. The molecule has 2 aromatic rings. The summed E-state index contributed by atoms with van der Waals surface area (Å²) in [6.07, 6.45) is 2.54. The Balaban J connectivity index is 0.00000220. The second-order valence-corrected chi connectivity index (χ2v) is 4.61. The zero-order valence-electron chi connectivity index (χ0n) is 12.4. The van der Waals surface area contributed by atoms with E-state index >= 15 is 0 Å². The van der Waals surface area contributed by atoms with Crippen LogP contribution in [0.3, 0.4) is 0 Å². The highest BCUT2D eigenvalue weighted by atomic mass is 127. The maximum atomic E-state index is 5.30. The number of hydrogen-bond acceptors (Lipinski definition) is 2. The van der Waals surface area contributed by atoms with Gasteiger partial charge in [-0.3, -0.25) is 4.99 Å². The standard InChI is InChI=1S/C16H21N3O.HI/c1-13(14-7-4-3-5-8-14)19-16(17-2)18-11-10-15-9-6-12-20-15;/h3-9,12-13H,10-11H2,1-2H3,(H2,17,18,19);1H. The molecule has 1 heterocycles. The van der Waals surface area contributed by atoms with Crippen LogP contribution in [0.15, 0.2) is 58.1 Å². The van der Waals surface area contributed by atoms with Crippen molar-refractivity contribution in [1.29, 1.82) is 0 Å². The van der Waals surface area contributed by atoms with Gasteiger partial charge in [0.25, 0.3) is 0 Å². The molecule has 1 aromatic carbocycles. The van der Waals surface area contributed by atoms with Crippen LogP contribution in [-0.4, -0.2) is 19.6 Å². The van der Waals surface area contributed by atoms with Crippen LogP contribution in [0.5, 0.6) is 0 Å². The third-order valence-corrected chi connectivity index (χ3v) is 3.12. The zero-order valence-corrected chi connectivity index (χ0v) is 14.7. The van der Waals surface area contributed by atoms with E-state index in [1.165, 1.54) is 5.56 Å². The van der Waals surface area contributed by atoms with Gasteiger partial charge < -0.3 is 15.1 Å². The maximum absolute atomic E-state index is 5.30. The third-order valence-electron chi connectivity index (χ3n) is 3.12. The first kappa shape index (κ1) is 17.6. The highest BCUT2D eigenvalue weighted by Crippen LogP contribution is 2.10. The summed E-state index contributed by atoms with van der Waals surface area (Å²) in [5, 5.41) is 6.66. The molecule has 4 nitrogen and oxygen atoms in total. The first-order valence-corrected chi connectivity index (χ1v) is 6.84. The van der Waals surface area contributed by atoms with Crippen LogP contribution >= 0.6 is 24.0 Å². The lowest BCUT2D eigenvalue weighted by Gasteiger charge is -2.18. The van der Waals surface area contributed by atoms with Gasteiger partial charge in [0.1, 0.15) is 5.76 Å². The molecule has 114 valence electrons. The topological polar surface area (TPSA) is 49.6 Å². The van der Waals surface area contributed by atoms with Crippen LogP contribution in [0.4, 0.5) is 0 Å². The summed E-state index contributed by atoms with van der Waals surface area (Å²) < 4.78 is 5.30. The number of nitrogens with zero attached hydrogens (tertiary/aromatic N) is 1. The van der Waals surface area contributed by atoms with E-state index in [0.29, 0.717) is 0 Å². The van der Waals surface area contributed by atoms with Gasteiger partial charge in [0.05, 0.1) is 12.3 Å². The van der Waals surface area contributed by atoms with Crippen LogP contribution in [0, 0.1) is 0 Å². The summed E-state index contributed by atoms with van der Waals surface area (Å²) >= 11 is 0. The zero-order chi connectivity index (χ0) is 14.2. The van der Waals surface area contributed by atoms with Crippen LogP contribution in [0.2, 0.25) is 0 Å². The quantitative estimate of drug-likeness (QED) is 0.461. The molecule has 2 N–H and O–H groups in total. The van der Waals surface area contributed by atoms with Crippen molar-refractivity contribution in [2.24, 2.45) is 4.99 Å². The number of nitrogens with one attached hydrogen (secondary N) is 2. The Labute approximate surface area is 143 Å². The Morgan fingerprint density at radius 3 is 2.57 bits per heavy atom. The number of guanidine groups is 1. The van der Waals surface area contributed by atoms with Gasteiger partial charge in [-0.25, -0.2) is 0 Å². The van der Waals surface area contributed by atoms with E-state index in [1.807, 2.05) is 30.3 Å². The molecule has 0 aliphatic carbocycles. The summed E-state index contributed by atoms with van der Waals surface area (Å²) in [6.45, 7) is 2.91. The maximum Gasteiger partial charge on any atom is 0.191 e. The van der Waals surface area contributed by atoms with E-state index in [2.05, 4.69) is 34.7 Å². The third kappa shape index (κ3) is 5.79. The summed E-state index contributed by atoms with van der Waals surface area (Å²) in [6, 6.07) is 14.4. The lowest BCUT2D eigenvalue weighted by atomic mass is 10.1. The molecule has 0 spiro atoms. The minimum Gasteiger partial charge on any atom is -0.469 e. The molecule has 0 aliphatic rings. The molecule has 1 aromatic heterocycles. The lowest BCUT2D eigenvalue weighted by Crippen LogP contribution is -2.39. The lowest BCUT2D eigenvalue weighted by molar-refractivity contribution is 0.506. The summed E-state index contributed by atoms with van der Waals surface area (Å²) in [7, 11) is 1.78. The predicted molar refractivity (Wildman–Crippen MR) is 97.2 cm³/mol. The number of rotatable bonds is 5. The van der Waals surface area contributed by atoms with Crippen molar-refractivity contribution in [2.75, 3.05) is 13.6 Å². The van der Waals surface area contributed by atoms with E-state index in [-0.39, 0.29) is 30.0 Å².